The Morgan fingerprint density at radius 3 is 1.34 bits per heavy atom. The molecule has 26 heteroatoms. The molecule has 0 aliphatic heterocycles. The van der Waals surface area contributed by atoms with Crippen molar-refractivity contribution in [1.29, 1.82) is 0 Å². The standard InChI is InChI=1S/C23H20F3N3O2S.C23H21N3O4S2.C22H17F2N3O2S/c1-27-32(30,31)21-8-3-2-7-18(21)16-10-11-19-20(14-16)29-22(28-19)12-9-15-5-4-6-17(13-15)23(24,25)26;1-24-32(29,30)22-6-4-3-5-19(22)17-10-13-20-21(15-17)26-23(25-20)14-9-16-7-11-18(12-8-16)31(2,27)28;1-25-30(28,29)21-5-3-2-4-17(21)15-7-10-19-20(12-15)27-22(26-19)11-8-14-6-9-16(23)13-18(14)24/h2-8,10-11,13-14,27H,9,12H2,1H3,(H,28,29);3-15,24H,1-2H3,(H,25,26);2-13,25H,1H3,(H,26,27)/b;14-9+;11-8+. The molecule has 12 rings (SSSR count). The number of nitrogens with zero attached hydrogens (tertiary/aromatic N) is 3. The summed E-state index contributed by atoms with van der Waals surface area (Å²) >= 11 is 0. The summed E-state index contributed by atoms with van der Waals surface area (Å²) in [5, 5.41) is 0. The molecule has 0 amide bonds. The minimum atomic E-state index is -4.37. The molecule has 0 spiro atoms. The van der Waals surface area contributed by atoms with Crippen LogP contribution in [0.5, 0.6) is 0 Å². The van der Waals surface area contributed by atoms with Crippen LogP contribution >= 0.6 is 0 Å². The number of rotatable bonds is 17. The van der Waals surface area contributed by atoms with Crippen LogP contribution in [0.25, 0.3) is 90.8 Å². The number of fused-ring (bicyclic) bond motifs is 3. The Morgan fingerprint density at radius 1 is 0.447 bits per heavy atom. The lowest BCUT2D eigenvalue weighted by atomic mass is 10.1. The van der Waals surface area contributed by atoms with Gasteiger partial charge in [-0.3, -0.25) is 0 Å². The van der Waals surface area contributed by atoms with Crippen molar-refractivity contribution in [3.63, 3.8) is 0 Å². The molecule has 0 saturated heterocycles. The van der Waals surface area contributed by atoms with E-state index >= 15 is 0 Å². The lowest BCUT2D eigenvalue weighted by Crippen LogP contribution is -2.19. The highest BCUT2D eigenvalue weighted by atomic mass is 32.2. The summed E-state index contributed by atoms with van der Waals surface area (Å²) < 4.78 is 170. The number of alkyl halides is 3. The predicted octanol–water partition coefficient (Wildman–Crippen LogP) is 13.2. The third-order valence-electron chi connectivity index (χ3n) is 14.8. The molecule has 9 aromatic carbocycles. The summed E-state index contributed by atoms with van der Waals surface area (Å²) in [5.41, 5.74) is 9.18. The van der Waals surface area contributed by atoms with Gasteiger partial charge in [0.1, 0.15) is 29.1 Å². The van der Waals surface area contributed by atoms with Gasteiger partial charge in [-0.15, -0.1) is 0 Å². The summed E-state index contributed by atoms with van der Waals surface area (Å²) in [6.45, 7) is 0. The Bertz CT molecular complexity index is 5350. The number of halogens is 5. The number of aromatic nitrogens is 6. The molecule has 482 valence electrons. The maximum atomic E-state index is 13.8. The van der Waals surface area contributed by atoms with Crippen molar-refractivity contribution in [2.45, 2.75) is 38.6 Å². The maximum absolute atomic E-state index is 13.8. The second-order valence-corrected chi connectivity index (χ2v) is 28.7. The van der Waals surface area contributed by atoms with E-state index in [0.29, 0.717) is 80.2 Å². The molecule has 17 nitrogen and oxygen atoms in total. The summed E-state index contributed by atoms with van der Waals surface area (Å²) in [7, 11) is -9.97. The molecule has 0 unspecified atom stereocenters. The average molecular weight is 1350 g/mol. The summed E-state index contributed by atoms with van der Waals surface area (Å²) in [5.74, 6) is 0.460. The quantitative estimate of drug-likeness (QED) is 0.0467. The summed E-state index contributed by atoms with van der Waals surface area (Å²) in [6, 6.07) is 51.8. The smallest absolute Gasteiger partial charge is 0.342 e. The molecule has 0 bridgehead atoms. The minimum Gasteiger partial charge on any atom is -0.342 e. The molecule has 0 aliphatic carbocycles. The molecule has 3 aromatic heterocycles. The van der Waals surface area contributed by atoms with Crippen molar-refractivity contribution in [3.05, 3.63) is 245 Å². The number of benzene rings is 9. The normalized spacial score (nSPS) is 12.4. The first-order valence-corrected chi connectivity index (χ1v) is 34.9. The van der Waals surface area contributed by atoms with Gasteiger partial charge in [0.2, 0.25) is 30.1 Å². The number of nitrogens with one attached hydrogen (secondary N) is 6. The van der Waals surface area contributed by atoms with E-state index in [2.05, 4.69) is 44.1 Å². The van der Waals surface area contributed by atoms with Crippen LogP contribution in [-0.4, -0.2) is 91.0 Å². The molecule has 12 aromatic rings. The average Bonchev–Trinajstić information content (AvgIpc) is 1.55. The third kappa shape index (κ3) is 15.8. The van der Waals surface area contributed by atoms with Crippen LogP contribution in [0.4, 0.5) is 22.0 Å². The Kier molecular flexibility index (Phi) is 19.8. The van der Waals surface area contributed by atoms with Crippen LogP contribution in [0.15, 0.2) is 214 Å². The van der Waals surface area contributed by atoms with E-state index in [1.807, 2.05) is 36.4 Å². The maximum Gasteiger partial charge on any atom is 0.416 e. The molecule has 0 fully saturated rings. The number of imidazole rings is 3. The van der Waals surface area contributed by atoms with Gasteiger partial charge in [0, 0.05) is 41.0 Å². The number of aryl methyl sites for hydroxylation is 2. The van der Waals surface area contributed by atoms with Crippen LogP contribution in [0.2, 0.25) is 0 Å². The molecule has 0 aliphatic rings. The zero-order chi connectivity index (χ0) is 67.2. The van der Waals surface area contributed by atoms with Gasteiger partial charge in [-0.05, 0) is 159 Å². The Morgan fingerprint density at radius 2 is 0.894 bits per heavy atom. The van der Waals surface area contributed by atoms with Gasteiger partial charge < -0.3 is 15.0 Å². The Balaban J connectivity index is 0.000000154. The second-order valence-electron chi connectivity index (χ2n) is 21.1. The molecular weight excluding hydrogens is 1290 g/mol. The van der Waals surface area contributed by atoms with E-state index in [-0.39, 0.29) is 25.1 Å². The molecular formula is C68H58F5N9O8S4. The summed E-state index contributed by atoms with van der Waals surface area (Å²) in [4.78, 5) is 23.8. The first-order chi connectivity index (χ1) is 44.7. The zero-order valence-corrected chi connectivity index (χ0v) is 53.6. The highest BCUT2D eigenvalue weighted by molar-refractivity contribution is 7.91. The number of hydrogen-bond donors (Lipinski definition) is 6. The topological polar surface area (TPSA) is 259 Å². The van der Waals surface area contributed by atoms with Gasteiger partial charge in [0.05, 0.1) is 58.2 Å². The number of sulfonamides is 3. The van der Waals surface area contributed by atoms with Crippen molar-refractivity contribution in [3.8, 4) is 33.4 Å². The number of H-pyrrole nitrogens is 3. The van der Waals surface area contributed by atoms with Crippen LogP contribution in [0, 0.1) is 11.6 Å². The van der Waals surface area contributed by atoms with Gasteiger partial charge in [-0.1, -0.05) is 109 Å². The lowest BCUT2D eigenvalue weighted by molar-refractivity contribution is -0.137. The van der Waals surface area contributed by atoms with Gasteiger partial charge in [-0.2, -0.15) is 13.2 Å². The predicted molar refractivity (Wildman–Crippen MR) is 356 cm³/mol. The van der Waals surface area contributed by atoms with Crippen LogP contribution in [-0.2, 0) is 58.9 Å². The van der Waals surface area contributed by atoms with Crippen molar-refractivity contribution >= 4 is 97.3 Å². The lowest BCUT2D eigenvalue weighted by Gasteiger charge is -2.09. The molecule has 0 atom stereocenters. The van der Waals surface area contributed by atoms with E-state index < -0.39 is 63.3 Å². The number of hydrogen-bond acceptors (Lipinski definition) is 11. The third-order valence-corrected chi connectivity index (χ3v) is 20.4. The van der Waals surface area contributed by atoms with E-state index in [4.69, 9.17) is 0 Å². The number of sulfone groups is 1. The fourth-order valence-corrected chi connectivity index (χ4v) is 13.5. The zero-order valence-electron chi connectivity index (χ0n) is 50.3. The van der Waals surface area contributed by atoms with Crippen molar-refractivity contribution in [2.24, 2.45) is 0 Å². The fraction of sp³-hybridized carbons (Fsp3) is 0.103. The highest BCUT2D eigenvalue weighted by Gasteiger charge is 2.30. The first kappa shape index (κ1) is 67.1. The van der Waals surface area contributed by atoms with Crippen LogP contribution < -0.4 is 14.2 Å². The van der Waals surface area contributed by atoms with Gasteiger partial charge in [-0.25, -0.2) is 71.6 Å². The van der Waals surface area contributed by atoms with Crippen molar-refractivity contribution in [2.75, 3.05) is 27.4 Å². The minimum absolute atomic E-state index is 0.172. The van der Waals surface area contributed by atoms with Gasteiger partial charge in [0.25, 0.3) is 0 Å². The molecule has 94 heavy (non-hydrogen) atoms. The molecule has 6 N–H and O–H groups in total. The highest BCUT2D eigenvalue weighted by Crippen LogP contribution is 2.34. The first-order valence-electron chi connectivity index (χ1n) is 28.6. The molecule has 3 heterocycles. The second kappa shape index (κ2) is 27.8. The van der Waals surface area contributed by atoms with E-state index in [1.165, 1.54) is 51.7 Å². The van der Waals surface area contributed by atoms with Gasteiger partial charge in [0.15, 0.2) is 9.84 Å². The SMILES string of the molecule is CNS(=O)(=O)c1ccccc1-c1ccc2nc(/C=C/c3ccc(F)cc3F)[nH]c2c1.CNS(=O)(=O)c1ccccc1-c1ccc2nc(/C=C/c3ccc(S(C)(=O)=O)cc3)[nH]c2c1.CNS(=O)(=O)c1ccccc1-c1ccc2nc(CCc3cccc(C(F)(F)F)c3)[nH]c2c1. The van der Waals surface area contributed by atoms with E-state index in [9.17, 15) is 55.6 Å². The van der Waals surface area contributed by atoms with Crippen molar-refractivity contribution in [1.82, 2.24) is 44.1 Å². The molecule has 0 radical (unpaired) electrons. The summed E-state index contributed by atoms with van der Waals surface area (Å²) in [6.07, 6.45) is 4.37. The fourth-order valence-electron chi connectivity index (χ4n) is 10.0. The Hall–Kier alpha value is -9.80. The Labute approximate surface area is 538 Å². The van der Waals surface area contributed by atoms with Gasteiger partial charge >= 0.3 is 6.18 Å². The monoisotopic (exact) mass is 1350 g/mol. The van der Waals surface area contributed by atoms with E-state index in [0.717, 1.165) is 45.9 Å². The number of aromatic amines is 3. The van der Waals surface area contributed by atoms with Crippen LogP contribution in [0.3, 0.4) is 0 Å². The largest absolute Gasteiger partial charge is 0.416 e. The van der Waals surface area contributed by atoms with Crippen molar-refractivity contribution < 1.29 is 55.6 Å². The van der Waals surface area contributed by atoms with E-state index in [1.54, 1.807) is 140 Å². The molecule has 0 saturated carbocycles. The van der Waals surface area contributed by atoms with Crippen LogP contribution in [0.1, 0.15) is 39.7 Å².